The third kappa shape index (κ3) is 6.83. The molecule has 2 heteroatoms. The molecule has 13 rings (SSSR count). The molecule has 0 radical (unpaired) electrons. The van der Waals surface area contributed by atoms with Gasteiger partial charge in [-0.3, -0.25) is 4.57 Å². The predicted molar refractivity (Wildman–Crippen MR) is 301 cm³/mol. The highest BCUT2D eigenvalue weighted by Crippen LogP contribution is 2.49. The number of fused-ring (bicyclic) bond motifs is 7. The lowest BCUT2D eigenvalue weighted by Gasteiger charge is -2.25. The van der Waals surface area contributed by atoms with Crippen LogP contribution in [0.25, 0.3) is 133 Å². The van der Waals surface area contributed by atoms with Crippen LogP contribution in [0.4, 0.5) is 0 Å². The van der Waals surface area contributed by atoms with Crippen molar-refractivity contribution in [3.8, 4) is 55.9 Å². The lowest BCUT2D eigenvalue weighted by atomic mass is 9.79. The normalized spacial score (nSPS) is 12.7. The van der Waals surface area contributed by atoms with Gasteiger partial charge in [0, 0.05) is 11.3 Å². The standard InChI is InChI=1S/C68H48N2/c1-3-4-5-18-44(2)70-63-30-17-16-29-62(63)69-68(70)48-35-33-47(34-36-48)64-54-23-10-12-25-56(54)66(57-26-13-11-24-55(57)64)53-39-40-60-61(43-53)67(52-38-32-46-20-7-9-22-50(46)42-52)59-28-15-14-27-58(59)65(60)51-37-31-45-19-6-8-21-49(45)41-51/h3-12,14-25,27-43H,2,13,26H2,1H3/b4-3-,18-5-. The second-order valence-corrected chi connectivity index (χ2v) is 18.5. The molecule has 0 unspecified atom stereocenters. The van der Waals surface area contributed by atoms with Crippen molar-refractivity contribution in [1.82, 2.24) is 9.55 Å². The number of hydrogen-bond donors (Lipinski definition) is 0. The van der Waals surface area contributed by atoms with Crippen molar-refractivity contribution < 1.29 is 0 Å². The van der Waals surface area contributed by atoms with Crippen molar-refractivity contribution in [2.45, 2.75) is 19.8 Å². The van der Waals surface area contributed by atoms with Crippen LogP contribution in [0.1, 0.15) is 24.5 Å². The summed E-state index contributed by atoms with van der Waals surface area (Å²) in [6.07, 6.45) is 14.8. The molecule has 2 nitrogen and oxygen atoms in total. The van der Waals surface area contributed by atoms with E-state index >= 15 is 0 Å². The molecule has 70 heavy (non-hydrogen) atoms. The molecule has 0 saturated heterocycles. The quantitative estimate of drug-likeness (QED) is 0.110. The van der Waals surface area contributed by atoms with Gasteiger partial charge in [-0.05, 0) is 166 Å². The monoisotopic (exact) mass is 892 g/mol. The summed E-state index contributed by atoms with van der Waals surface area (Å²) in [5, 5.41) is 12.5. The van der Waals surface area contributed by atoms with E-state index in [-0.39, 0.29) is 0 Å². The SMILES string of the molecule is C=C(/C=C\C=C/C)n1c(-c2ccc(-c3c4c(c(-c5ccc6c(-c7ccc8ccccc8c7)c7ccccc7c(-c7ccc8ccccc8c7)c6c5)c5ccccc35)CCC=C4)cc2)nc2ccccc21. The number of nitrogens with zero attached hydrogens (tertiary/aromatic N) is 2. The van der Waals surface area contributed by atoms with Gasteiger partial charge in [0.1, 0.15) is 5.82 Å². The van der Waals surface area contributed by atoms with E-state index in [1.54, 1.807) is 0 Å². The van der Waals surface area contributed by atoms with Crippen molar-refractivity contribution in [1.29, 1.82) is 0 Å². The Morgan fingerprint density at radius 1 is 0.471 bits per heavy atom. The molecule has 1 aliphatic carbocycles. The fourth-order valence-electron chi connectivity index (χ4n) is 11.3. The Kier molecular flexibility index (Phi) is 10.1. The van der Waals surface area contributed by atoms with E-state index in [1.807, 2.05) is 37.3 Å². The first-order chi connectivity index (χ1) is 34.6. The molecule has 0 amide bonds. The lowest BCUT2D eigenvalue weighted by molar-refractivity contribution is 0.991. The zero-order valence-electron chi connectivity index (χ0n) is 39.0. The maximum Gasteiger partial charge on any atom is 0.145 e. The number of para-hydroxylation sites is 2. The molecule has 0 saturated carbocycles. The molecular formula is C68H48N2. The molecular weight excluding hydrogens is 845 g/mol. The summed E-state index contributed by atoms with van der Waals surface area (Å²) in [6, 6.07) is 74.1. The number of imidazole rings is 1. The van der Waals surface area contributed by atoms with E-state index in [0.29, 0.717) is 0 Å². The van der Waals surface area contributed by atoms with Gasteiger partial charge in [0.25, 0.3) is 0 Å². The summed E-state index contributed by atoms with van der Waals surface area (Å²) < 4.78 is 2.17. The van der Waals surface area contributed by atoms with Gasteiger partial charge in [0.05, 0.1) is 11.0 Å². The zero-order chi connectivity index (χ0) is 46.7. The fourth-order valence-corrected chi connectivity index (χ4v) is 11.3. The zero-order valence-corrected chi connectivity index (χ0v) is 39.0. The largest absolute Gasteiger partial charge is 0.293 e. The van der Waals surface area contributed by atoms with E-state index in [9.17, 15) is 0 Å². The molecule has 0 atom stereocenters. The number of hydrogen-bond acceptors (Lipinski definition) is 1. The first-order valence-electron chi connectivity index (χ1n) is 24.4. The van der Waals surface area contributed by atoms with Gasteiger partial charge in [0.2, 0.25) is 0 Å². The highest BCUT2D eigenvalue weighted by Gasteiger charge is 2.24. The third-order valence-corrected chi connectivity index (χ3v) is 14.5. The molecule has 1 aliphatic rings. The second-order valence-electron chi connectivity index (χ2n) is 18.5. The van der Waals surface area contributed by atoms with Gasteiger partial charge in [-0.2, -0.15) is 0 Å². The van der Waals surface area contributed by atoms with E-state index in [4.69, 9.17) is 4.98 Å². The molecule has 0 N–H and O–H groups in total. The second kappa shape index (κ2) is 17.0. The summed E-state index contributed by atoms with van der Waals surface area (Å²) in [4.78, 5) is 5.15. The summed E-state index contributed by atoms with van der Waals surface area (Å²) in [7, 11) is 0. The number of benzene rings is 11. The van der Waals surface area contributed by atoms with Crippen LogP contribution < -0.4 is 0 Å². The molecule has 1 aromatic heterocycles. The van der Waals surface area contributed by atoms with E-state index in [1.165, 1.54) is 109 Å². The first-order valence-corrected chi connectivity index (χ1v) is 24.4. The van der Waals surface area contributed by atoms with Crippen molar-refractivity contribution in [2.24, 2.45) is 0 Å². The molecule has 330 valence electrons. The van der Waals surface area contributed by atoms with Crippen LogP contribution in [0.15, 0.2) is 237 Å². The van der Waals surface area contributed by atoms with Crippen LogP contribution in [0, 0.1) is 0 Å². The Morgan fingerprint density at radius 2 is 0.986 bits per heavy atom. The highest BCUT2D eigenvalue weighted by molar-refractivity contribution is 6.23. The van der Waals surface area contributed by atoms with Gasteiger partial charge < -0.3 is 0 Å². The van der Waals surface area contributed by atoms with E-state index in [0.717, 1.165) is 41.0 Å². The third-order valence-electron chi connectivity index (χ3n) is 14.5. The Labute approximate surface area is 408 Å². The molecule has 12 aromatic rings. The minimum Gasteiger partial charge on any atom is -0.293 e. The number of aromatic nitrogens is 2. The van der Waals surface area contributed by atoms with Gasteiger partial charge in [-0.15, -0.1) is 0 Å². The van der Waals surface area contributed by atoms with Crippen molar-refractivity contribution in [3.63, 3.8) is 0 Å². The summed E-state index contributed by atoms with van der Waals surface area (Å²) in [5.74, 6) is 0.876. The first kappa shape index (κ1) is 41.3. The van der Waals surface area contributed by atoms with E-state index in [2.05, 4.69) is 217 Å². The van der Waals surface area contributed by atoms with Crippen LogP contribution >= 0.6 is 0 Å². The number of rotatable bonds is 8. The van der Waals surface area contributed by atoms with Crippen LogP contribution in [0.2, 0.25) is 0 Å². The van der Waals surface area contributed by atoms with Crippen molar-refractivity contribution in [3.05, 3.63) is 248 Å². The Balaban J connectivity index is 1.03. The fraction of sp³-hybridized carbons (Fsp3) is 0.0441. The lowest BCUT2D eigenvalue weighted by Crippen LogP contribution is -2.03. The Hall–Kier alpha value is -8.85. The molecule has 0 fully saturated rings. The summed E-state index contributed by atoms with van der Waals surface area (Å²) >= 11 is 0. The Bertz CT molecular complexity index is 4190. The Morgan fingerprint density at radius 3 is 1.66 bits per heavy atom. The van der Waals surface area contributed by atoms with Gasteiger partial charge in [0.15, 0.2) is 0 Å². The number of allylic oxidation sites excluding steroid dienone is 6. The highest BCUT2D eigenvalue weighted by atomic mass is 15.1. The van der Waals surface area contributed by atoms with Gasteiger partial charge >= 0.3 is 0 Å². The van der Waals surface area contributed by atoms with E-state index < -0.39 is 0 Å². The van der Waals surface area contributed by atoms with Gasteiger partial charge in [-0.1, -0.05) is 207 Å². The van der Waals surface area contributed by atoms with Crippen molar-refractivity contribution in [2.75, 3.05) is 0 Å². The minimum atomic E-state index is 0.864. The van der Waals surface area contributed by atoms with Crippen LogP contribution in [-0.2, 0) is 6.42 Å². The molecule has 1 heterocycles. The molecule has 11 aromatic carbocycles. The van der Waals surface area contributed by atoms with Crippen molar-refractivity contribution >= 4 is 76.7 Å². The molecule has 0 aliphatic heterocycles. The predicted octanol–water partition coefficient (Wildman–Crippen LogP) is 18.7. The maximum absolute atomic E-state index is 5.15. The summed E-state index contributed by atoms with van der Waals surface area (Å²) in [6.45, 7) is 6.49. The maximum atomic E-state index is 5.15. The average Bonchev–Trinajstić information content (AvgIpc) is 3.81. The average molecular weight is 893 g/mol. The summed E-state index contributed by atoms with van der Waals surface area (Å²) in [5.41, 5.74) is 16.6. The smallest absolute Gasteiger partial charge is 0.145 e. The minimum absolute atomic E-state index is 0.864. The topological polar surface area (TPSA) is 17.8 Å². The van der Waals surface area contributed by atoms with Gasteiger partial charge in [-0.25, -0.2) is 4.98 Å². The van der Waals surface area contributed by atoms with Crippen LogP contribution in [-0.4, -0.2) is 9.55 Å². The van der Waals surface area contributed by atoms with Crippen LogP contribution in [0.5, 0.6) is 0 Å². The molecule has 0 bridgehead atoms. The molecule has 0 spiro atoms. The van der Waals surface area contributed by atoms with Crippen LogP contribution in [0.3, 0.4) is 0 Å².